The summed E-state index contributed by atoms with van der Waals surface area (Å²) in [6.45, 7) is 9.10. The molecule has 0 aromatic heterocycles. The van der Waals surface area contributed by atoms with Crippen molar-refractivity contribution in [2.75, 3.05) is 40.0 Å². The van der Waals surface area contributed by atoms with E-state index in [-0.39, 0.29) is 0 Å². The van der Waals surface area contributed by atoms with Crippen molar-refractivity contribution < 1.29 is 9.47 Å². The molecule has 0 bridgehead atoms. The summed E-state index contributed by atoms with van der Waals surface area (Å²) in [5.74, 6) is 0.830. The van der Waals surface area contributed by atoms with Gasteiger partial charge in [-0.3, -0.25) is 0 Å². The molecular formula is C13H29NO2. The van der Waals surface area contributed by atoms with Crippen LogP contribution < -0.4 is 5.32 Å². The van der Waals surface area contributed by atoms with Gasteiger partial charge in [0.05, 0.1) is 13.2 Å². The molecule has 0 amide bonds. The van der Waals surface area contributed by atoms with Gasteiger partial charge >= 0.3 is 0 Å². The molecule has 0 rings (SSSR count). The Bertz CT molecular complexity index is 129. The maximum absolute atomic E-state index is 5.38. The van der Waals surface area contributed by atoms with E-state index in [4.69, 9.17) is 9.47 Å². The SMILES string of the molecule is COCCOCCCCNCCCC(C)C. The minimum absolute atomic E-state index is 0.702. The summed E-state index contributed by atoms with van der Waals surface area (Å²) >= 11 is 0. The van der Waals surface area contributed by atoms with Crippen LogP contribution in [0.2, 0.25) is 0 Å². The number of rotatable bonds is 12. The second-order valence-electron chi connectivity index (χ2n) is 4.60. The molecular weight excluding hydrogens is 202 g/mol. The van der Waals surface area contributed by atoms with Gasteiger partial charge in [-0.1, -0.05) is 13.8 Å². The Hall–Kier alpha value is -0.120. The maximum atomic E-state index is 5.38. The summed E-state index contributed by atoms with van der Waals surface area (Å²) in [7, 11) is 1.70. The highest BCUT2D eigenvalue weighted by molar-refractivity contribution is 4.51. The summed E-state index contributed by atoms with van der Waals surface area (Å²) in [4.78, 5) is 0. The van der Waals surface area contributed by atoms with Crippen molar-refractivity contribution in [1.82, 2.24) is 5.32 Å². The van der Waals surface area contributed by atoms with E-state index in [2.05, 4.69) is 19.2 Å². The molecule has 0 aliphatic carbocycles. The lowest BCUT2D eigenvalue weighted by molar-refractivity contribution is 0.0688. The molecule has 0 saturated heterocycles. The highest BCUT2D eigenvalue weighted by atomic mass is 16.5. The van der Waals surface area contributed by atoms with Gasteiger partial charge in [0.1, 0.15) is 0 Å². The monoisotopic (exact) mass is 231 g/mol. The van der Waals surface area contributed by atoms with Crippen LogP contribution in [0.3, 0.4) is 0 Å². The molecule has 0 heterocycles. The lowest BCUT2D eigenvalue weighted by atomic mass is 10.1. The van der Waals surface area contributed by atoms with E-state index in [9.17, 15) is 0 Å². The van der Waals surface area contributed by atoms with Crippen molar-refractivity contribution in [3.63, 3.8) is 0 Å². The Labute approximate surface area is 101 Å². The largest absolute Gasteiger partial charge is 0.382 e. The molecule has 16 heavy (non-hydrogen) atoms. The van der Waals surface area contributed by atoms with Crippen molar-refractivity contribution in [2.45, 2.75) is 39.5 Å². The molecule has 0 aromatic carbocycles. The molecule has 0 aliphatic rings. The summed E-state index contributed by atoms with van der Waals surface area (Å²) in [6.07, 6.45) is 4.96. The van der Waals surface area contributed by atoms with E-state index in [0.717, 1.165) is 38.6 Å². The van der Waals surface area contributed by atoms with Crippen molar-refractivity contribution in [3.8, 4) is 0 Å². The standard InChI is InChI=1S/C13H29NO2/c1-13(2)7-6-9-14-8-4-5-10-16-12-11-15-3/h13-14H,4-12H2,1-3H3. The molecule has 0 atom stereocenters. The Morgan fingerprint density at radius 1 is 0.938 bits per heavy atom. The molecule has 98 valence electrons. The molecule has 0 radical (unpaired) electrons. The number of hydrogen-bond donors (Lipinski definition) is 1. The van der Waals surface area contributed by atoms with E-state index in [0.29, 0.717) is 6.61 Å². The van der Waals surface area contributed by atoms with Crippen LogP contribution in [-0.2, 0) is 9.47 Å². The van der Waals surface area contributed by atoms with Crippen LogP contribution in [0.15, 0.2) is 0 Å². The van der Waals surface area contributed by atoms with E-state index in [1.807, 2.05) is 0 Å². The highest BCUT2D eigenvalue weighted by Crippen LogP contribution is 2.01. The Morgan fingerprint density at radius 2 is 1.69 bits per heavy atom. The fourth-order valence-electron chi connectivity index (χ4n) is 1.46. The second kappa shape index (κ2) is 12.9. The first kappa shape index (κ1) is 15.9. The van der Waals surface area contributed by atoms with Crippen molar-refractivity contribution >= 4 is 0 Å². The molecule has 0 saturated carbocycles. The number of ether oxygens (including phenoxy) is 2. The van der Waals surface area contributed by atoms with Crippen LogP contribution in [0.4, 0.5) is 0 Å². The number of methoxy groups -OCH3 is 1. The zero-order valence-electron chi connectivity index (χ0n) is 11.3. The van der Waals surface area contributed by atoms with Gasteiger partial charge in [0, 0.05) is 13.7 Å². The minimum Gasteiger partial charge on any atom is -0.382 e. The van der Waals surface area contributed by atoms with E-state index in [1.165, 1.54) is 19.3 Å². The average molecular weight is 231 g/mol. The summed E-state index contributed by atoms with van der Waals surface area (Å²) in [5.41, 5.74) is 0. The van der Waals surface area contributed by atoms with Gasteiger partial charge in [0.15, 0.2) is 0 Å². The predicted octanol–water partition coefficient (Wildman–Crippen LogP) is 2.46. The van der Waals surface area contributed by atoms with Gasteiger partial charge in [0.2, 0.25) is 0 Å². The van der Waals surface area contributed by atoms with Crippen molar-refractivity contribution in [1.29, 1.82) is 0 Å². The molecule has 1 N–H and O–H groups in total. The van der Waals surface area contributed by atoms with Gasteiger partial charge in [-0.25, -0.2) is 0 Å². The summed E-state index contributed by atoms with van der Waals surface area (Å²) in [6, 6.07) is 0. The van der Waals surface area contributed by atoms with Gasteiger partial charge in [-0.05, 0) is 44.7 Å². The molecule has 0 unspecified atom stereocenters. The molecule has 0 spiro atoms. The highest BCUT2D eigenvalue weighted by Gasteiger charge is 1.94. The van der Waals surface area contributed by atoms with Crippen LogP contribution in [0.5, 0.6) is 0 Å². The first-order valence-electron chi connectivity index (χ1n) is 6.54. The summed E-state index contributed by atoms with van der Waals surface area (Å²) < 4.78 is 10.3. The van der Waals surface area contributed by atoms with E-state index >= 15 is 0 Å². The van der Waals surface area contributed by atoms with Gasteiger partial charge < -0.3 is 14.8 Å². The first-order chi connectivity index (χ1) is 7.77. The van der Waals surface area contributed by atoms with Crippen LogP contribution in [0, 0.1) is 5.92 Å². The number of hydrogen-bond acceptors (Lipinski definition) is 3. The van der Waals surface area contributed by atoms with Crippen molar-refractivity contribution in [3.05, 3.63) is 0 Å². The normalized spacial score (nSPS) is 11.2. The lowest BCUT2D eigenvalue weighted by Gasteiger charge is -2.07. The Kier molecular flexibility index (Phi) is 12.9. The molecule has 0 fully saturated rings. The fourth-order valence-corrected chi connectivity index (χ4v) is 1.46. The summed E-state index contributed by atoms with van der Waals surface area (Å²) in [5, 5.41) is 3.46. The minimum atomic E-state index is 0.702. The zero-order valence-corrected chi connectivity index (χ0v) is 11.3. The smallest absolute Gasteiger partial charge is 0.0700 e. The third-order valence-corrected chi connectivity index (χ3v) is 2.46. The fraction of sp³-hybridized carbons (Fsp3) is 1.00. The third kappa shape index (κ3) is 13.9. The van der Waals surface area contributed by atoms with E-state index < -0.39 is 0 Å². The Morgan fingerprint density at radius 3 is 2.38 bits per heavy atom. The van der Waals surface area contributed by atoms with Gasteiger partial charge in [0.25, 0.3) is 0 Å². The van der Waals surface area contributed by atoms with Gasteiger partial charge in [-0.2, -0.15) is 0 Å². The molecule has 3 heteroatoms. The van der Waals surface area contributed by atoms with Crippen LogP contribution >= 0.6 is 0 Å². The number of unbranched alkanes of at least 4 members (excludes halogenated alkanes) is 1. The van der Waals surface area contributed by atoms with Crippen LogP contribution in [-0.4, -0.2) is 40.0 Å². The zero-order chi connectivity index (χ0) is 12.1. The van der Waals surface area contributed by atoms with E-state index in [1.54, 1.807) is 7.11 Å². The third-order valence-electron chi connectivity index (χ3n) is 2.46. The predicted molar refractivity (Wildman–Crippen MR) is 68.9 cm³/mol. The van der Waals surface area contributed by atoms with Crippen molar-refractivity contribution in [2.24, 2.45) is 5.92 Å². The second-order valence-corrected chi connectivity index (χ2v) is 4.60. The Balaban J connectivity index is 2.88. The molecule has 0 aliphatic heterocycles. The number of nitrogens with one attached hydrogen (secondary N) is 1. The van der Waals surface area contributed by atoms with Crippen LogP contribution in [0.1, 0.15) is 39.5 Å². The lowest BCUT2D eigenvalue weighted by Crippen LogP contribution is -2.17. The van der Waals surface area contributed by atoms with Crippen LogP contribution in [0.25, 0.3) is 0 Å². The molecule has 0 aromatic rings. The first-order valence-corrected chi connectivity index (χ1v) is 6.54. The average Bonchev–Trinajstić information content (AvgIpc) is 2.25. The molecule has 3 nitrogen and oxygen atoms in total. The topological polar surface area (TPSA) is 30.5 Å². The van der Waals surface area contributed by atoms with Gasteiger partial charge in [-0.15, -0.1) is 0 Å². The maximum Gasteiger partial charge on any atom is 0.0700 e. The quantitative estimate of drug-likeness (QED) is 0.523.